The molecule has 2 heterocycles. The van der Waals surface area contributed by atoms with Crippen LogP contribution in [0, 0.1) is 0 Å². The molecule has 2 aliphatic heterocycles. The molecule has 1 amide bonds. The van der Waals surface area contributed by atoms with E-state index in [1.807, 2.05) is 0 Å². The van der Waals surface area contributed by atoms with Crippen LogP contribution < -0.4 is 5.43 Å². The lowest BCUT2D eigenvalue weighted by Gasteiger charge is -2.31. The van der Waals surface area contributed by atoms with Crippen LogP contribution in [0.15, 0.2) is 30.3 Å². The summed E-state index contributed by atoms with van der Waals surface area (Å²) in [5, 5.41) is 1.34. The maximum absolute atomic E-state index is 12.8. The Labute approximate surface area is 141 Å². The molecule has 9 heteroatoms. The highest BCUT2D eigenvalue weighted by Crippen LogP contribution is 2.21. The van der Waals surface area contributed by atoms with Crippen molar-refractivity contribution in [1.82, 2.24) is 10.4 Å². The van der Waals surface area contributed by atoms with E-state index in [4.69, 9.17) is 0 Å². The summed E-state index contributed by atoms with van der Waals surface area (Å²) in [7, 11) is -6.26. The average molecular weight is 372 g/mol. The molecule has 2 fully saturated rings. The number of hydrogen-bond acceptors (Lipinski definition) is 6. The molecule has 24 heavy (non-hydrogen) atoms. The van der Waals surface area contributed by atoms with Crippen LogP contribution in [0.4, 0.5) is 0 Å². The van der Waals surface area contributed by atoms with E-state index in [1.54, 1.807) is 30.3 Å². The molecule has 1 aromatic carbocycles. The van der Waals surface area contributed by atoms with E-state index in [9.17, 15) is 21.6 Å². The summed E-state index contributed by atoms with van der Waals surface area (Å²) < 4.78 is 46.9. The zero-order valence-electron chi connectivity index (χ0n) is 13.1. The molecule has 2 unspecified atom stereocenters. The topological polar surface area (TPSA) is 101 Å². The second-order valence-electron chi connectivity index (χ2n) is 6.33. The average Bonchev–Trinajstić information content (AvgIpc) is 3.06. The van der Waals surface area contributed by atoms with Crippen molar-refractivity contribution < 1.29 is 21.6 Å². The van der Waals surface area contributed by atoms with Crippen LogP contribution in [0.5, 0.6) is 0 Å². The van der Waals surface area contributed by atoms with Gasteiger partial charge in [-0.3, -0.25) is 9.80 Å². The number of carbonyl (C=O) groups is 1. The fraction of sp³-hybridized carbons (Fsp3) is 0.533. The first-order chi connectivity index (χ1) is 11.3. The first-order valence-corrected chi connectivity index (χ1v) is 11.5. The normalized spacial score (nSPS) is 27.8. The maximum atomic E-state index is 12.8. The molecular formula is C15H20N2O5S2. The van der Waals surface area contributed by atoms with Gasteiger partial charge in [0.2, 0.25) is 0 Å². The molecular weight excluding hydrogens is 352 g/mol. The minimum absolute atomic E-state index is 0.0367. The number of rotatable bonds is 4. The van der Waals surface area contributed by atoms with Crippen molar-refractivity contribution in [1.29, 1.82) is 0 Å². The van der Waals surface area contributed by atoms with Crippen LogP contribution >= 0.6 is 0 Å². The number of nitrogens with zero attached hydrogens (tertiary/aromatic N) is 1. The van der Waals surface area contributed by atoms with Gasteiger partial charge < -0.3 is 0 Å². The molecule has 0 radical (unpaired) electrons. The summed E-state index contributed by atoms with van der Waals surface area (Å²) in [4.78, 5) is 12.8. The van der Waals surface area contributed by atoms with Crippen LogP contribution in [0.1, 0.15) is 23.2 Å². The van der Waals surface area contributed by atoms with E-state index in [0.29, 0.717) is 18.4 Å². The SMILES string of the molecule is O=C(c1ccccc1)N(NC1CCS(=O)(=O)C1)C1CCS(=O)(=O)C1. The Morgan fingerprint density at radius 2 is 1.58 bits per heavy atom. The molecule has 3 rings (SSSR count). The molecule has 0 bridgehead atoms. The lowest BCUT2D eigenvalue weighted by molar-refractivity contribution is 0.0531. The Morgan fingerprint density at radius 1 is 0.958 bits per heavy atom. The molecule has 0 spiro atoms. The number of benzene rings is 1. The molecule has 2 saturated heterocycles. The Balaban J connectivity index is 1.83. The molecule has 7 nitrogen and oxygen atoms in total. The Hall–Kier alpha value is -1.45. The van der Waals surface area contributed by atoms with Crippen molar-refractivity contribution in [3.8, 4) is 0 Å². The Bertz CT molecular complexity index is 821. The minimum atomic E-state index is -3.16. The first kappa shape index (κ1) is 17.4. The predicted molar refractivity (Wildman–Crippen MR) is 89.9 cm³/mol. The van der Waals surface area contributed by atoms with Crippen molar-refractivity contribution in [2.45, 2.75) is 24.9 Å². The predicted octanol–water partition coefficient (Wildman–Crippen LogP) is 0.00760. The molecule has 2 aliphatic rings. The zero-order chi connectivity index (χ0) is 17.4. The highest BCUT2D eigenvalue weighted by Gasteiger charge is 2.38. The van der Waals surface area contributed by atoms with Crippen molar-refractivity contribution in [3.05, 3.63) is 35.9 Å². The summed E-state index contributed by atoms with van der Waals surface area (Å²) in [6.45, 7) is 0. The van der Waals surface area contributed by atoms with Gasteiger partial charge in [0.25, 0.3) is 5.91 Å². The lowest BCUT2D eigenvalue weighted by atomic mass is 10.1. The number of amides is 1. The number of nitrogens with one attached hydrogen (secondary N) is 1. The van der Waals surface area contributed by atoms with Crippen molar-refractivity contribution in [3.63, 3.8) is 0 Å². The summed E-state index contributed by atoms with van der Waals surface area (Å²) in [5.41, 5.74) is 3.43. The van der Waals surface area contributed by atoms with Gasteiger partial charge in [0, 0.05) is 11.6 Å². The molecule has 0 aromatic heterocycles. The summed E-state index contributed by atoms with van der Waals surface area (Å²) in [6.07, 6.45) is 0.772. The molecule has 1 N–H and O–H groups in total. The van der Waals surface area contributed by atoms with Crippen molar-refractivity contribution in [2.75, 3.05) is 23.0 Å². The van der Waals surface area contributed by atoms with Crippen molar-refractivity contribution >= 4 is 25.6 Å². The van der Waals surface area contributed by atoms with Gasteiger partial charge >= 0.3 is 0 Å². The second kappa shape index (κ2) is 6.45. The fourth-order valence-corrected chi connectivity index (χ4v) is 6.49. The van der Waals surface area contributed by atoms with Crippen LogP contribution in [0.25, 0.3) is 0 Å². The van der Waals surface area contributed by atoms with E-state index in [1.165, 1.54) is 5.01 Å². The molecule has 1 aromatic rings. The van der Waals surface area contributed by atoms with Gasteiger partial charge in [-0.2, -0.15) is 0 Å². The number of carbonyl (C=O) groups excluding carboxylic acids is 1. The third kappa shape index (κ3) is 3.96. The summed E-state index contributed by atoms with van der Waals surface area (Å²) >= 11 is 0. The van der Waals surface area contributed by atoms with Crippen LogP contribution in [-0.4, -0.2) is 62.8 Å². The fourth-order valence-electron chi connectivity index (χ4n) is 3.12. The van der Waals surface area contributed by atoms with Gasteiger partial charge in [0.15, 0.2) is 19.7 Å². The highest BCUT2D eigenvalue weighted by molar-refractivity contribution is 7.91. The van der Waals surface area contributed by atoms with Gasteiger partial charge in [-0.15, -0.1) is 0 Å². The lowest BCUT2D eigenvalue weighted by Crippen LogP contribution is -2.54. The zero-order valence-corrected chi connectivity index (χ0v) is 14.7. The standard InChI is InChI=1S/C15H20N2O5S2/c18-15(12-4-2-1-3-5-12)17(14-7-9-24(21,22)11-14)16-13-6-8-23(19,20)10-13/h1-5,13-14,16H,6-11H2. The first-order valence-electron chi connectivity index (χ1n) is 7.81. The van der Waals surface area contributed by atoms with E-state index >= 15 is 0 Å². The summed E-state index contributed by atoms with van der Waals surface area (Å²) in [5.74, 6) is -0.340. The van der Waals surface area contributed by atoms with Gasteiger partial charge in [0.05, 0.1) is 29.1 Å². The molecule has 2 atom stereocenters. The van der Waals surface area contributed by atoms with E-state index < -0.39 is 25.7 Å². The summed E-state index contributed by atoms with van der Waals surface area (Å²) in [6, 6.07) is 7.72. The monoisotopic (exact) mass is 372 g/mol. The van der Waals surface area contributed by atoms with E-state index in [0.717, 1.165) is 0 Å². The number of hydrogen-bond donors (Lipinski definition) is 1. The minimum Gasteiger partial charge on any atom is -0.269 e. The maximum Gasteiger partial charge on any atom is 0.268 e. The third-order valence-corrected chi connectivity index (χ3v) is 7.89. The van der Waals surface area contributed by atoms with E-state index in [-0.39, 0.29) is 35.0 Å². The quantitative estimate of drug-likeness (QED) is 0.747. The van der Waals surface area contributed by atoms with E-state index in [2.05, 4.69) is 5.43 Å². The van der Waals surface area contributed by atoms with Crippen LogP contribution in [0.3, 0.4) is 0 Å². The molecule has 0 aliphatic carbocycles. The van der Waals surface area contributed by atoms with Crippen LogP contribution in [0.2, 0.25) is 0 Å². The number of sulfone groups is 2. The second-order valence-corrected chi connectivity index (χ2v) is 10.8. The van der Waals surface area contributed by atoms with Gasteiger partial charge in [-0.05, 0) is 25.0 Å². The van der Waals surface area contributed by atoms with Crippen molar-refractivity contribution in [2.24, 2.45) is 0 Å². The van der Waals surface area contributed by atoms with Gasteiger partial charge in [-0.1, -0.05) is 18.2 Å². The Kier molecular flexibility index (Phi) is 4.67. The van der Waals surface area contributed by atoms with Gasteiger partial charge in [-0.25, -0.2) is 22.3 Å². The molecule has 132 valence electrons. The largest absolute Gasteiger partial charge is 0.269 e. The van der Waals surface area contributed by atoms with Gasteiger partial charge in [0.1, 0.15) is 0 Å². The highest BCUT2D eigenvalue weighted by atomic mass is 32.2. The number of hydrazine groups is 1. The Morgan fingerprint density at radius 3 is 2.12 bits per heavy atom. The smallest absolute Gasteiger partial charge is 0.268 e. The molecule has 0 saturated carbocycles. The van der Waals surface area contributed by atoms with Crippen LogP contribution in [-0.2, 0) is 19.7 Å². The third-order valence-electron chi connectivity index (χ3n) is 4.37.